The summed E-state index contributed by atoms with van der Waals surface area (Å²) in [7, 11) is -2.19. The lowest BCUT2D eigenvalue weighted by Gasteiger charge is -2.21. The molecule has 0 saturated carbocycles. The highest BCUT2D eigenvalue weighted by atomic mass is 35.5. The van der Waals surface area contributed by atoms with E-state index in [1.54, 1.807) is 25.3 Å². The lowest BCUT2D eigenvalue weighted by Crippen LogP contribution is -2.33. The van der Waals surface area contributed by atoms with Crippen molar-refractivity contribution in [3.63, 3.8) is 0 Å². The van der Waals surface area contributed by atoms with E-state index in [1.807, 2.05) is 18.2 Å². The van der Waals surface area contributed by atoms with Crippen molar-refractivity contribution < 1.29 is 17.9 Å². The van der Waals surface area contributed by atoms with Crippen molar-refractivity contribution in [2.24, 2.45) is 0 Å². The molecule has 0 bridgehead atoms. The number of benzene rings is 2. The lowest BCUT2D eigenvalue weighted by atomic mass is 10.2. The first kappa shape index (κ1) is 22.4. The van der Waals surface area contributed by atoms with Crippen molar-refractivity contribution in [3.8, 4) is 10.6 Å². The molecule has 3 aromatic rings. The Morgan fingerprint density at radius 3 is 2.63 bits per heavy atom. The molecule has 0 saturated heterocycles. The van der Waals surface area contributed by atoms with Crippen LogP contribution in [0, 0.1) is 0 Å². The van der Waals surface area contributed by atoms with Gasteiger partial charge >= 0.3 is 5.97 Å². The number of carbonyl (C=O) groups excluding carboxylic acids is 1. The van der Waals surface area contributed by atoms with Gasteiger partial charge in [0.05, 0.1) is 21.2 Å². The van der Waals surface area contributed by atoms with Gasteiger partial charge in [-0.3, -0.25) is 0 Å². The molecule has 0 aliphatic carbocycles. The molecule has 0 N–H and O–H groups in total. The maximum atomic E-state index is 12.6. The van der Waals surface area contributed by atoms with Gasteiger partial charge in [-0.05, 0) is 38.1 Å². The van der Waals surface area contributed by atoms with E-state index in [1.165, 1.54) is 47.0 Å². The number of halogens is 1. The van der Waals surface area contributed by atoms with Gasteiger partial charge in [-0.2, -0.15) is 4.31 Å². The molecule has 0 aliphatic heterocycles. The minimum absolute atomic E-state index is 0.0251. The Hall–Kier alpha value is -2.26. The zero-order valence-electron chi connectivity index (χ0n) is 16.7. The van der Waals surface area contributed by atoms with Crippen LogP contribution in [0.15, 0.2) is 58.8 Å². The van der Waals surface area contributed by atoms with E-state index in [0.717, 1.165) is 10.6 Å². The molecule has 30 heavy (non-hydrogen) atoms. The van der Waals surface area contributed by atoms with Crippen molar-refractivity contribution in [1.82, 2.24) is 9.29 Å². The molecule has 1 aromatic heterocycles. The molecule has 0 aliphatic rings. The molecular weight excluding hydrogens is 444 g/mol. The predicted molar refractivity (Wildman–Crippen MR) is 118 cm³/mol. The van der Waals surface area contributed by atoms with Crippen LogP contribution in [0.3, 0.4) is 0 Å². The van der Waals surface area contributed by atoms with Gasteiger partial charge in [-0.1, -0.05) is 35.9 Å². The highest BCUT2D eigenvalue weighted by molar-refractivity contribution is 7.89. The average Bonchev–Trinajstić information content (AvgIpc) is 3.20. The Balaban J connectivity index is 1.71. The number of thiazole rings is 1. The van der Waals surface area contributed by atoms with Gasteiger partial charge < -0.3 is 4.74 Å². The second kappa shape index (κ2) is 9.26. The van der Waals surface area contributed by atoms with Gasteiger partial charge in [0.1, 0.15) is 11.6 Å². The van der Waals surface area contributed by atoms with E-state index in [-0.39, 0.29) is 23.1 Å². The molecule has 0 fully saturated rings. The third kappa shape index (κ3) is 4.89. The van der Waals surface area contributed by atoms with E-state index in [9.17, 15) is 13.2 Å². The Bertz CT molecular complexity index is 1160. The molecule has 3 rings (SSSR count). The molecule has 0 radical (unpaired) electrons. The third-order valence-electron chi connectivity index (χ3n) is 4.48. The Morgan fingerprint density at radius 2 is 1.93 bits per heavy atom. The van der Waals surface area contributed by atoms with Gasteiger partial charge in [-0.15, -0.1) is 11.3 Å². The molecule has 6 nitrogen and oxygen atoms in total. The van der Waals surface area contributed by atoms with Crippen LogP contribution in [0.2, 0.25) is 5.02 Å². The fraction of sp³-hybridized carbons (Fsp3) is 0.238. The van der Waals surface area contributed by atoms with Crippen LogP contribution >= 0.6 is 22.9 Å². The number of aromatic nitrogens is 1. The Morgan fingerprint density at radius 1 is 1.20 bits per heavy atom. The Kier molecular flexibility index (Phi) is 6.92. The van der Waals surface area contributed by atoms with Crippen LogP contribution in [0.5, 0.6) is 0 Å². The van der Waals surface area contributed by atoms with E-state index in [0.29, 0.717) is 10.7 Å². The molecule has 9 heteroatoms. The fourth-order valence-corrected chi connectivity index (χ4v) is 5.12. The van der Waals surface area contributed by atoms with Gasteiger partial charge in [0.15, 0.2) is 0 Å². The molecule has 0 unspecified atom stereocenters. The van der Waals surface area contributed by atoms with E-state index < -0.39 is 16.0 Å². The van der Waals surface area contributed by atoms with Crippen LogP contribution in [-0.4, -0.2) is 36.8 Å². The third-order valence-corrected chi connectivity index (χ3v) is 7.76. The van der Waals surface area contributed by atoms with Gasteiger partial charge in [-0.25, -0.2) is 18.2 Å². The van der Waals surface area contributed by atoms with Crippen molar-refractivity contribution >= 4 is 38.9 Å². The monoisotopic (exact) mass is 464 g/mol. The Labute approximate surface area is 185 Å². The predicted octanol–water partition coefficient (Wildman–Crippen LogP) is 4.85. The maximum absolute atomic E-state index is 12.6. The zero-order valence-corrected chi connectivity index (χ0v) is 19.1. The number of carbonyl (C=O) groups is 1. The highest BCUT2D eigenvalue weighted by Crippen LogP contribution is 2.30. The van der Waals surface area contributed by atoms with E-state index in [2.05, 4.69) is 4.98 Å². The lowest BCUT2D eigenvalue weighted by molar-refractivity contribution is 0.0468. The van der Waals surface area contributed by atoms with Crippen molar-refractivity contribution in [1.29, 1.82) is 0 Å². The molecular formula is C21H21ClN2O4S2. The summed E-state index contributed by atoms with van der Waals surface area (Å²) in [6, 6.07) is 13.0. The first-order valence-corrected chi connectivity index (χ1v) is 11.8. The van der Waals surface area contributed by atoms with Crippen molar-refractivity contribution in [3.05, 3.63) is 70.2 Å². The number of sulfonamides is 1. The largest absolute Gasteiger partial charge is 0.456 e. The molecule has 2 aromatic carbocycles. The summed E-state index contributed by atoms with van der Waals surface area (Å²) in [5, 5.41) is 3.13. The van der Waals surface area contributed by atoms with E-state index in [4.69, 9.17) is 16.3 Å². The van der Waals surface area contributed by atoms with Gasteiger partial charge in [0.25, 0.3) is 0 Å². The topological polar surface area (TPSA) is 76.6 Å². The first-order valence-electron chi connectivity index (χ1n) is 9.14. The molecule has 158 valence electrons. The van der Waals surface area contributed by atoms with Crippen molar-refractivity contribution in [2.75, 3.05) is 7.05 Å². The van der Waals surface area contributed by atoms with Crippen LogP contribution in [-0.2, 0) is 21.4 Å². The molecule has 1 heterocycles. The smallest absolute Gasteiger partial charge is 0.338 e. The molecule has 0 amide bonds. The van der Waals surface area contributed by atoms with Gasteiger partial charge in [0, 0.05) is 24.0 Å². The summed E-state index contributed by atoms with van der Waals surface area (Å²) in [5.41, 5.74) is 1.57. The summed E-state index contributed by atoms with van der Waals surface area (Å²) in [6.07, 6.45) is 0. The van der Waals surface area contributed by atoms with Crippen LogP contribution in [0.1, 0.15) is 29.9 Å². The first-order chi connectivity index (χ1) is 14.2. The standard InChI is InChI=1S/C21H21ClN2O4S2/c1-14(2)24(3)30(26,27)17-8-6-7-15(11-17)21(25)28-12-16-13-29-20(23-16)18-9-4-5-10-19(18)22/h4-11,13-14H,12H2,1-3H3. The number of nitrogens with zero attached hydrogens (tertiary/aromatic N) is 2. The fourth-order valence-electron chi connectivity index (χ4n) is 2.58. The minimum Gasteiger partial charge on any atom is -0.456 e. The van der Waals surface area contributed by atoms with E-state index >= 15 is 0 Å². The summed E-state index contributed by atoms with van der Waals surface area (Å²) in [5.74, 6) is -0.619. The second-order valence-corrected chi connectivity index (χ2v) is 10.1. The number of esters is 1. The van der Waals surface area contributed by atoms with Crippen LogP contribution in [0.4, 0.5) is 0 Å². The summed E-state index contributed by atoms with van der Waals surface area (Å²) >= 11 is 7.60. The van der Waals surface area contributed by atoms with Crippen LogP contribution < -0.4 is 0 Å². The second-order valence-electron chi connectivity index (χ2n) is 6.84. The quantitative estimate of drug-likeness (QED) is 0.467. The van der Waals surface area contributed by atoms with Crippen LogP contribution in [0.25, 0.3) is 10.6 Å². The number of rotatable bonds is 7. The van der Waals surface area contributed by atoms with Gasteiger partial charge in [0.2, 0.25) is 10.0 Å². The normalized spacial score (nSPS) is 11.8. The highest BCUT2D eigenvalue weighted by Gasteiger charge is 2.24. The summed E-state index contributed by atoms with van der Waals surface area (Å²) in [4.78, 5) is 17.0. The minimum atomic E-state index is -3.69. The summed E-state index contributed by atoms with van der Waals surface area (Å²) < 4.78 is 31.9. The summed E-state index contributed by atoms with van der Waals surface area (Å²) in [6.45, 7) is 3.53. The average molecular weight is 465 g/mol. The molecule has 0 spiro atoms. The zero-order chi connectivity index (χ0) is 21.9. The number of hydrogen-bond donors (Lipinski definition) is 0. The number of ether oxygens (including phenoxy) is 1. The SMILES string of the molecule is CC(C)N(C)S(=O)(=O)c1cccc(C(=O)OCc2csc(-c3ccccc3Cl)n2)c1. The maximum Gasteiger partial charge on any atom is 0.338 e. The molecule has 0 atom stereocenters. The van der Waals surface area contributed by atoms with Crippen molar-refractivity contribution in [2.45, 2.75) is 31.4 Å². The number of hydrogen-bond acceptors (Lipinski definition) is 6.